The smallest absolute Gasteiger partial charge is 0.118 e. The third-order valence-electron chi connectivity index (χ3n) is 2.81. The van der Waals surface area contributed by atoms with Crippen molar-refractivity contribution in [3.05, 3.63) is 64.7 Å². The number of hydrogen-bond donors (Lipinski definition) is 0. The average Bonchev–Trinajstić information content (AvgIpc) is 2.41. The van der Waals surface area contributed by atoms with Gasteiger partial charge in [-0.1, -0.05) is 51.8 Å². The van der Waals surface area contributed by atoms with Crippen LogP contribution in [0.4, 0.5) is 0 Å². The minimum absolute atomic E-state index is 0.296. The summed E-state index contributed by atoms with van der Waals surface area (Å²) in [5, 5.41) is 0.773. The highest BCUT2D eigenvalue weighted by molar-refractivity contribution is 9.09. The Labute approximate surface area is 121 Å². The standard InChI is InChI=1S/C15H14BrClO/c1-18-14-8-4-12(5-9-14)15(16)10-11-2-6-13(17)7-3-11/h2-9,15H,10H2,1H3. The molecule has 0 radical (unpaired) electrons. The third-order valence-corrected chi connectivity index (χ3v) is 3.91. The molecule has 1 nitrogen and oxygen atoms in total. The lowest BCUT2D eigenvalue weighted by molar-refractivity contribution is 0.414. The summed E-state index contributed by atoms with van der Waals surface area (Å²) >= 11 is 9.59. The van der Waals surface area contributed by atoms with E-state index in [0.29, 0.717) is 4.83 Å². The summed E-state index contributed by atoms with van der Waals surface area (Å²) in [4.78, 5) is 0.296. The fraction of sp³-hybridized carbons (Fsp3) is 0.200. The molecule has 2 rings (SSSR count). The van der Waals surface area contributed by atoms with Crippen LogP contribution in [0.15, 0.2) is 48.5 Å². The normalized spacial score (nSPS) is 12.2. The molecule has 0 amide bonds. The number of methoxy groups -OCH3 is 1. The van der Waals surface area contributed by atoms with Gasteiger partial charge in [0.15, 0.2) is 0 Å². The van der Waals surface area contributed by atoms with Gasteiger partial charge in [-0.15, -0.1) is 0 Å². The Balaban J connectivity index is 2.06. The predicted octanol–water partition coefficient (Wildman–Crippen LogP) is 5.03. The first-order valence-electron chi connectivity index (χ1n) is 5.71. The molecule has 18 heavy (non-hydrogen) atoms. The van der Waals surface area contributed by atoms with Gasteiger partial charge in [-0.25, -0.2) is 0 Å². The molecule has 0 spiro atoms. The van der Waals surface area contributed by atoms with E-state index >= 15 is 0 Å². The van der Waals surface area contributed by atoms with Gasteiger partial charge in [0.25, 0.3) is 0 Å². The highest BCUT2D eigenvalue weighted by Gasteiger charge is 2.08. The number of benzene rings is 2. The number of halogens is 2. The topological polar surface area (TPSA) is 9.23 Å². The largest absolute Gasteiger partial charge is 0.497 e. The molecule has 2 aromatic carbocycles. The van der Waals surface area contributed by atoms with Crippen molar-refractivity contribution in [3.63, 3.8) is 0 Å². The fourth-order valence-corrected chi connectivity index (χ4v) is 2.56. The number of alkyl halides is 1. The van der Waals surface area contributed by atoms with Gasteiger partial charge in [0.05, 0.1) is 7.11 Å². The van der Waals surface area contributed by atoms with Gasteiger partial charge in [-0.05, 0) is 41.8 Å². The Hall–Kier alpha value is -0.990. The van der Waals surface area contributed by atoms with Crippen LogP contribution in [-0.4, -0.2) is 7.11 Å². The first-order valence-corrected chi connectivity index (χ1v) is 7.01. The van der Waals surface area contributed by atoms with E-state index in [0.717, 1.165) is 17.2 Å². The van der Waals surface area contributed by atoms with E-state index in [1.165, 1.54) is 11.1 Å². The SMILES string of the molecule is COc1ccc(C(Br)Cc2ccc(Cl)cc2)cc1. The summed E-state index contributed by atoms with van der Waals surface area (Å²) in [6.07, 6.45) is 0.934. The van der Waals surface area contributed by atoms with E-state index in [-0.39, 0.29) is 0 Å². The summed E-state index contributed by atoms with van der Waals surface area (Å²) in [6.45, 7) is 0. The van der Waals surface area contributed by atoms with Crippen LogP contribution < -0.4 is 4.74 Å². The Bertz CT molecular complexity index is 493. The second-order valence-corrected chi connectivity index (χ2v) is 5.61. The molecule has 0 aromatic heterocycles. The first-order chi connectivity index (χ1) is 8.69. The zero-order valence-corrected chi connectivity index (χ0v) is 12.4. The Morgan fingerprint density at radius 2 is 1.67 bits per heavy atom. The number of rotatable bonds is 4. The molecular weight excluding hydrogens is 312 g/mol. The minimum atomic E-state index is 0.296. The summed E-state index contributed by atoms with van der Waals surface area (Å²) in [7, 11) is 1.67. The van der Waals surface area contributed by atoms with Gasteiger partial charge in [-0.2, -0.15) is 0 Å². The van der Waals surface area contributed by atoms with Crippen molar-refractivity contribution in [2.45, 2.75) is 11.2 Å². The predicted molar refractivity (Wildman–Crippen MR) is 79.8 cm³/mol. The molecule has 0 bridgehead atoms. The highest BCUT2D eigenvalue weighted by atomic mass is 79.9. The maximum Gasteiger partial charge on any atom is 0.118 e. The summed E-state index contributed by atoms with van der Waals surface area (Å²) in [5.74, 6) is 0.880. The third kappa shape index (κ3) is 3.50. The monoisotopic (exact) mass is 324 g/mol. The van der Waals surface area contributed by atoms with Crippen molar-refractivity contribution in [3.8, 4) is 5.75 Å². The second kappa shape index (κ2) is 6.26. The molecule has 2 aromatic rings. The zero-order valence-electron chi connectivity index (χ0n) is 10.1. The van der Waals surface area contributed by atoms with Crippen LogP contribution in [0.3, 0.4) is 0 Å². The van der Waals surface area contributed by atoms with Crippen molar-refractivity contribution in [2.75, 3.05) is 7.11 Å². The molecule has 1 unspecified atom stereocenters. The Kier molecular flexibility index (Phi) is 4.67. The Morgan fingerprint density at radius 3 is 2.22 bits per heavy atom. The van der Waals surface area contributed by atoms with Crippen LogP contribution >= 0.6 is 27.5 Å². The molecule has 0 aliphatic heterocycles. The molecule has 0 heterocycles. The molecule has 0 aliphatic carbocycles. The van der Waals surface area contributed by atoms with Crippen molar-refractivity contribution < 1.29 is 4.74 Å². The second-order valence-electron chi connectivity index (χ2n) is 4.07. The molecule has 0 saturated carbocycles. The zero-order chi connectivity index (χ0) is 13.0. The van der Waals surface area contributed by atoms with Crippen molar-refractivity contribution >= 4 is 27.5 Å². The molecule has 94 valence electrons. The fourth-order valence-electron chi connectivity index (χ4n) is 1.76. The molecule has 3 heteroatoms. The lowest BCUT2D eigenvalue weighted by Gasteiger charge is -2.11. The summed E-state index contributed by atoms with van der Waals surface area (Å²) in [5.41, 5.74) is 2.50. The van der Waals surface area contributed by atoms with E-state index in [4.69, 9.17) is 16.3 Å². The van der Waals surface area contributed by atoms with Crippen LogP contribution in [0.5, 0.6) is 5.75 Å². The van der Waals surface area contributed by atoms with Crippen molar-refractivity contribution in [2.24, 2.45) is 0 Å². The molecule has 0 aliphatic rings. The minimum Gasteiger partial charge on any atom is -0.497 e. The van der Waals surface area contributed by atoms with Crippen LogP contribution in [0, 0.1) is 0 Å². The van der Waals surface area contributed by atoms with E-state index in [2.05, 4.69) is 40.2 Å². The molecule has 1 atom stereocenters. The van der Waals surface area contributed by atoms with Crippen LogP contribution in [0.25, 0.3) is 0 Å². The van der Waals surface area contributed by atoms with Crippen LogP contribution in [0.1, 0.15) is 16.0 Å². The van der Waals surface area contributed by atoms with Crippen molar-refractivity contribution in [1.29, 1.82) is 0 Å². The van der Waals surface area contributed by atoms with Gasteiger partial charge in [-0.3, -0.25) is 0 Å². The lowest BCUT2D eigenvalue weighted by Crippen LogP contribution is -1.95. The molecule has 0 saturated heterocycles. The Morgan fingerprint density at radius 1 is 1.06 bits per heavy atom. The average molecular weight is 326 g/mol. The van der Waals surface area contributed by atoms with Gasteiger partial charge >= 0.3 is 0 Å². The highest BCUT2D eigenvalue weighted by Crippen LogP contribution is 2.28. The van der Waals surface area contributed by atoms with Gasteiger partial charge in [0, 0.05) is 9.85 Å². The molecular formula is C15H14BrClO. The number of ether oxygens (including phenoxy) is 1. The first kappa shape index (κ1) is 13.4. The van der Waals surface area contributed by atoms with Crippen LogP contribution in [0.2, 0.25) is 5.02 Å². The lowest BCUT2D eigenvalue weighted by atomic mass is 10.0. The van der Waals surface area contributed by atoms with Gasteiger partial charge in [0.2, 0.25) is 0 Å². The van der Waals surface area contributed by atoms with Crippen molar-refractivity contribution in [1.82, 2.24) is 0 Å². The van der Waals surface area contributed by atoms with E-state index in [1.807, 2.05) is 24.3 Å². The summed E-state index contributed by atoms with van der Waals surface area (Å²) in [6, 6.07) is 16.1. The molecule has 0 N–H and O–H groups in total. The maximum absolute atomic E-state index is 5.87. The van der Waals surface area contributed by atoms with Gasteiger partial charge in [0.1, 0.15) is 5.75 Å². The van der Waals surface area contributed by atoms with Crippen LogP contribution in [-0.2, 0) is 6.42 Å². The van der Waals surface area contributed by atoms with E-state index in [1.54, 1.807) is 7.11 Å². The van der Waals surface area contributed by atoms with E-state index < -0.39 is 0 Å². The maximum atomic E-state index is 5.87. The summed E-state index contributed by atoms with van der Waals surface area (Å²) < 4.78 is 5.15. The van der Waals surface area contributed by atoms with Gasteiger partial charge < -0.3 is 4.74 Å². The van der Waals surface area contributed by atoms with E-state index in [9.17, 15) is 0 Å². The number of hydrogen-bond acceptors (Lipinski definition) is 1. The quantitative estimate of drug-likeness (QED) is 0.717. The molecule has 0 fully saturated rings.